The minimum absolute atomic E-state index is 0.0126. The van der Waals surface area contributed by atoms with E-state index in [4.69, 9.17) is 21.1 Å². The fraction of sp³-hybridized carbons (Fsp3) is 0.167. The van der Waals surface area contributed by atoms with Crippen molar-refractivity contribution in [2.45, 2.75) is 11.1 Å². The highest BCUT2D eigenvalue weighted by molar-refractivity contribution is 7.92. The number of pyridine rings is 2. The Bertz CT molecular complexity index is 1670. The number of rotatable bonds is 8. The molecular formula is C24H20ClF3N6O6S. The number of amides is 2. The van der Waals surface area contributed by atoms with Crippen molar-refractivity contribution in [3.63, 3.8) is 0 Å². The predicted octanol–water partition coefficient (Wildman–Crippen LogP) is 5.10. The number of nitrogens with one attached hydrogen (secondary N) is 2. The molecule has 0 aliphatic heterocycles. The third kappa shape index (κ3) is 6.12. The number of nitrogens with zero attached hydrogens (tertiary/aromatic N) is 4. The SMILES string of the molecule is CNC(=O)N(c1ccc(S(=O)(=O)Nc2ccon2)cn1)c1cc(Cl)c(-c2cc(C(F)(F)F)cnc2OC)cc1OC. The molecule has 0 spiro atoms. The number of halogens is 4. The van der Waals surface area contributed by atoms with Crippen LogP contribution in [0.5, 0.6) is 11.6 Å². The minimum atomic E-state index is -4.68. The third-order valence-corrected chi connectivity index (χ3v) is 7.18. The summed E-state index contributed by atoms with van der Waals surface area (Å²) in [5.74, 6) is -0.201. The monoisotopic (exact) mass is 612 g/mol. The van der Waals surface area contributed by atoms with Gasteiger partial charge in [0.25, 0.3) is 10.0 Å². The maximum absolute atomic E-state index is 13.4. The van der Waals surface area contributed by atoms with E-state index in [9.17, 15) is 26.4 Å². The van der Waals surface area contributed by atoms with Gasteiger partial charge in [0.1, 0.15) is 22.7 Å². The van der Waals surface area contributed by atoms with Crippen LogP contribution in [0.25, 0.3) is 11.1 Å². The van der Waals surface area contributed by atoms with Crippen LogP contribution in [-0.2, 0) is 16.2 Å². The van der Waals surface area contributed by atoms with Crippen molar-refractivity contribution in [3.05, 3.63) is 65.6 Å². The van der Waals surface area contributed by atoms with Gasteiger partial charge in [0, 0.05) is 36.6 Å². The van der Waals surface area contributed by atoms with Gasteiger partial charge in [0.05, 0.1) is 30.5 Å². The van der Waals surface area contributed by atoms with E-state index in [1.165, 1.54) is 57.9 Å². The Balaban J connectivity index is 1.79. The molecule has 0 atom stereocenters. The molecule has 0 bridgehead atoms. The van der Waals surface area contributed by atoms with Crippen molar-refractivity contribution in [2.75, 3.05) is 30.9 Å². The number of hydrogen-bond donors (Lipinski definition) is 2. The summed E-state index contributed by atoms with van der Waals surface area (Å²) in [5, 5.41) is 5.85. The van der Waals surface area contributed by atoms with Gasteiger partial charge in [-0.05, 0) is 30.3 Å². The second-order valence-corrected chi connectivity index (χ2v) is 10.1. The average molecular weight is 613 g/mol. The normalized spacial score (nSPS) is 11.6. The van der Waals surface area contributed by atoms with Gasteiger partial charge in [0.15, 0.2) is 5.82 Å². The van der Waals surface area contributed by atoms with Crippen LogP contribution in [0.3, 0.4) is 0 Å². The molecule has 2 N–H and O–H groups in total. The standard InChI is InChI=1S/C24H20ClF3N6O6S/c1-29-23(35)34(21-5-4-14(12-30-21)41(36,37)33-20-6-7-40-32-20)18-10-17(25)15(9-19(18)38-2)16-8-13(24(26,27)28)11-31-22(16)39-3/h4-12H,1-3H3,(H,29,35)(H,32,33). The number of benzene rings is 1. The van der Waals surface area contributed by atoms with Gasteiger partial charge in [-0.3, -0.25) is 4.72 Å². The van der Waals surface area contributed by atoms with Gasteiger partial charge >= 0.3 is 12.2 Å². The lowest BCUT2D eigenvalue weighted by atomic mass is 10.0. The van der Waals surface area contributed by atoms with E-state index in [0.29, 0.717) is 6.20 Å². The Morgan fingerprint density at radius 1 is 1.05 bits per heavy atom. The highest BCUT2D eigenvalue weighted by atomic mass is 35.5. The highest BCUT2D eigenvalue weighted by Crippen LogP contribution is 2.44. The Morgan fingerprint density at radius 2 is 1.80 bits per heavy atom. The molecule has 41 heavy (non-hydrogen) atoms. The molecule has 12 nitrogen and oxygen atoms in total. The molecule has 17 heteroatoms. The zero-order chi connectivity index (χ0) is 29.9. The quantitative estimate of drug-likeness (QED) is 0.277. The lowest BCUT2D eigenvalue weighted by Gasteiger charge is -2.24. The number of carbonyl (C=O) groups excluding carboxylic acids is 1. The van der Waals surface area contributed by atoms with Gasteiger partial charge in [-0.2, -0.15) is 13.2 Å². The first-order valence-electron chi connectivity index (χ1n) is 11.3. The molecule has 4 rings (SSSR count). The second kappa shape index (κ2) is 11.5. The summed E-state index contributed by atoms with van der Waals surface area (Å²) in [6, 6.07) is 6.47. The highest BCUT2D eigenvalue weighted by Gasteiger charge is 2.33. The van der Waals surface area contributed by atoms with E-state index in [0.717, 1.165) is 17.2 Å². The first kappa shape index (κ1) is 29.4. The van der Waals surface area contributed by atoms with Crippen LogP contribution in [0.4, 0.5) is 35.3 Å². The summed E-state index contributed by atoms with van der Waals surface area (Å²) in [6.45, 7) is 0. The van der Waals surface area contributed by atoms with Gasteiger partial charge in [-0.25, -0.2) is 28.1 Å². The number of urea groups is 1. The van der Waals surface area contributed by atoms with E-state index in [1.807, 2.05) is 0 Å². The topological polar surface area (TPSA) is 149 Å². The lowest BCUT2D eigenvalue weighted by molar-refractivity contribution is -0.137. The number of methoxy groups -OCH3 is 2. The fourth-order valence-corrected chi connectivity index (χ4v) is 4.82. The zero-order valence-electron chi connectivity index (χ0n) is 21.4. The van der Waals surface area contributed by atoms with Crippen molar-refractivity contribution in [1.82, 2.24) is 20.4 Å². The van der Waals surface area contributed by atoms with E-state index in [-0.39, 0.29) is 50.0 Å². The number of alkyl halides is 3. The Kier molecular flexibility index (Phi) is 8.25. The second-order valence-electron chi connectivity index (χ2n) is 8.02. The van der Waals surface area contributed by atoms with E-state index < -0.39 is 27.8 Å². The molecule has 0 saturated carbocycles. The fourth-order valence-electron chi connectivity index (χ4n) is 3.62. The molecule has 1 aromatic carbocycles. The smallest absolute Gasteiger partial charge is 0.417 e. The summed E-state index contributed by atoms with van der Waals surface area (Å²) < 4.78 is 82.9. The molecular weight excluding hydrogens is 593 g/mol. The first-order chi connectivity index (χ1) is 19.4. The van der Waals surface area contributed by atoms with Gasteiger partial charge in [0.2, 0.25) is 5.88 Å². The van der Waals surface area contributed by atoms with Crippen molar-refractivity contribution in [1.29, 1.82) is 0 Å². The molecule has 216 valence electrons. The average Bonchev–Trinajstić information content (AvgIpc) is 3.45. The largest absolute Gasteiger partial charge is 0.495 e. The molecule has 0 radical (unpaired) electrons. The zero-order valence-corrected chi connectivity index (χ0v) is 22.9. The van der Waals surface area contributed by atoms with E-state index >= 15 is 0 Å². The van der Waals surface area contributed by atoms with Crippen LogP contribution in [0.15, 0.2) is 64.5 Å². The summed E-state index contributed by atoms with van der Waals surface area (Å²) in [6.07, 6.45) is -1.86. The van der Waals surface area contributed by atoms with E-state index in [1.54, 1.807) is 0 Å². The number of carbonyl (C=O) groups is 1. The van der Waals surface area contributed by atoms with Crippen LogP contribution in [0, 0.1) is 0 Å². The lowest BCUT2D eigenvalue weighted by Crippen LogP contribution is -2.35. The molecule has 3 aromatic heterocycles. The third-order valence-electron chi connectivity index (χ3n) is 5.53. The number of aromatic nitrogens is 3. The van der Waals surface area contributed by atoms with Crippen LogP contribution >= 0.6 is 11.6 Å². The van der Waals surface area contributed by atoms with Crippen molar-refractivity contribution >= 4 is 45.0 Å². The van der Waals surface area contributed by atoms with Crippen molar-refractivity contribution < 1.29 is 40.4 Å². The molecule has 0 unspecified atom stereocenters. The van der Waals surface area contributed by atoms with Gasteiger partial charge < -0.3 is 19.3 Å². The van der Waals surface area contributed by atoms with Crippen LogP contribution in [-0.4, -0.2) is 50.8 Å². The molecule has 0 saturated heterocycles. The Labute approximate surface area is 236 Å². The Hall–Kier alpha value is -4.57. The number of anilines is 3. The molecule has 2 amide bonds. The maximum atomic E-state index is 13.4. The Morgan fingerprint density at radius 3 is 2.37 bits per heavy atom. The van der Waals surface area contributed by atoms with Gasteiger partial charge in [-0.1, -0.05) is 16.8 Å². The van der Waals surface area contributed by atoms with Crippen LogP contribution in [0.1, 0.15) is 5.56 Å². The molecule has 0 fully saturated rings. The summed E-state index contributed by atoms with van der Waals surface area (Å²) in [7, 11) is -0.230. The molecule has 0 aliphatic rings. The first-order valence-corrected chi connectivity index (χ1v) is 13.2. The molecule has 4 aromatic rings. The van der Waals surface area contributed by atoms with Crippen LogP contribution < -0.4 is 24.4 Å². The maximum Gasteiger partial charge on any atom is 0.417 e. The number of sulfonamides is 1. The molecule has 0 aliphatic carbocycles. The van der Waals surface area contributed by atoms with Gasteiger partial charge in [-0.15, -0.1) is 0 Å². The summed E-state index contributed by atoms with van der Waals surface area (Å²) in [4.78, 5) is 21.6. The minimum Gasteiger partial charge on any atom is -0.495 e. The van der Waals surface area contributed by atoms with Crippen molar-refractivity contribution in [3.8, 4) is 22.8 Å². The predicted molar refractivity (Wildman–Crippen MR) is 141 cm³/mol. The summed E-state index contributed by atoms with van der Waals surface area (Å²) >= 11 is 6.52. The van der Waals surface area contributed by atoms with E-state index in [2.05, 4.69) is 29.7 Å². The number of hydrogen-bond acceptors (Lipinski definition) is 9. The summed E-state index contributed by atoms with van der Waals surface area (Å²) in [5.41, 5.74) is -0.983. The van der Waals surface area contributed by atoms with Crippen LogP contribution in [0.2, 0.25) is 5.02 Å². The molecule has 3 heterocycles. The van der Waals surface area contributed by atoms with Crippen molar-refractivity contribution in [2.24, 2.45) is 0 Å². The number of ether oxygens (including phenoxy) is 2.